The first-order valence-electron chi connectivity index (χ1n) is 4.95. The lowest BCUT2D eigenvalue weighted by molar-refractivity contribution is 0.0695. The highest BCUT2D eigenvalue weighted by Gasteiger charge is 2.10. The number of nitrogens with one attached hydrogen (secondary N) is 1. The first-order chi connectivity index (χ1) is 8.61. The minimum atomic E-state index is -1.10. The Morgan fingerprint density at radius 3 is 2.56 bits per heavy atom. The largest absolute Gasteiger partial charge is 0.478 e. The second kappa shape index (κ2) is 4.62. The number of rotatable bonds is 3. The van der Waals surface area contributed by atoms with Crippen LogP contribution in [0.2, 0.25) is 0 Å². The number of carbonyl (C=O) groups is 2. The van der Waals surface area contributed by atoms with E-state index >= 15 is 0 Å². The standard InChI is InChI=1S/C10H9N5O3/c1-11-8(16)7-2-3-15(14-7)10-12-4-6(5-13-10)9(17)18/h2-5H,1H3,(H,11,16)(H,17,18). The molecule has 2 heterocycles. The second-order valence-corrected chi connectivity index (χ2v) is 3.30. The Balaban J connectivity index is 2.29. The topological polar surface area (TPSA) is 110 Å². The van der Waals surface area contributed by atoms with Crippen molar-refractivity contribution in [3.05, 3.63) is 35.9 Å². The fraction of sp³-hybridized carbons (Fsp3) is 0.100. The van der Waals surface area contributed by atoms with Gasteiger partial charge in [-0.1, -0.05) is 0 Å². The first kappa shape index (κ1) is 11.7. The van der Waals surface area contributed by atoms with E-state index in [1.54, 1.807) is 0 Å². The monoisotopic (exact) mass is 247 g/mol. The van der Waals surface area contributed by atoms with Gasteiger partial charge in [-0.05, 0) is 6.07 Å². The highest BCUT2D eigenvalue weighted by atomic mass is 16.4. The highest BCUT2D eigenvalue weighted by Crippen LogP contribution is 2.03. The van der Waals surface area contributed by atoms with E-state index in [-0.39, 0.29) is 23.1 Å². The number of aromatic carboxylic acids is 1. The maximum atomic E-state index is 11.3. The molecule has 18 heavy (non-hydrogen) atoms. The third-order valence-corrected chi connectivity index (χ3v) is 2.14. The smallest absolute Gasteiger partial charge is 0.338 e. The van der Waals surface area contributed by atoms with Gasteiger partial charge in [0.2, 0.25) is 5.95 Å². The molecule has 1 amide bonds. The van der Waals surface area contributed by atoms with E-state index < -0.39 is 5.97 Å². The van der Waals surface area contributed by atoms with Gasteiger partial charge in [0, 0.05) is 25.6 Å². The molecule has 0 saturated carbocycles. The Labute approximate surface area is 101 Å². The van der Waals surface area contributed by atoms with E-state index in [1.807, 2.05) is 0 Å². The summed E-state index contributed by atoms with van der Waals surface area (Å²) in [7, 11) is 1.50. The Kier molecular flexibility index (Phi) is 3.00. The zero-order chi connectivity index (χ0) is 13.1. The van der Waals surface area contributed by atoms with Crippen LogP contribution in [0.3, 0.4) is 0 Å². The third-order valence-electron chi connectivity index (χ3n) is 2.14. The average molecular weight is 247 g/mol. The van der Waals surface area contributed by atoms with Gasteiger partial charge < -0.3 is 10.4 Å². The summed E-state index contributed by atoms with van der Waals surface area (Å²) in [6, 6.07) is 1.51. The van der Waals surface area contributed by atoms with Crippen molar-refractivity contribution in [2.45, 2.75) is 0 Å². The van der Waals surface area contributed by atoms with Gasteiger partial charge in [0.15, 0.2) is 5.69 Å². The van der Waals surface area contributed by atoms with Gasteiger partial charge in [0.1, 0.15) is 0 Å². The molecule has 0 atom stereocenters. The van der Waals surface area contributed by atoms with Crippen LogP contribution in [0.1, 0.15) is 20.8 Å². The molecule has 2 rings (SSSR count). The van der Waals surface area contributed by atoms with Crippen LogP contribution in [0.15, 0.2) is 24.7 Å². The Bertz CT molecular complexity index is 590. The van der Waals surface area contributed by atoms with Crippen LogP contribution < -0.4 is 5.32 Å². The van der Waals surface area contributed by atoms with Crippen molar-refractivity contribution >= 4 is 11.9 Å². The number of nitrogens with zero attached hydrogens (tertiary/aromatic N) is 4. The SMILES string of the molecule is CNC(=O)c1ccn(-c2ncc(C(=O)O)cn2)n1. The molecular formula is C10H9N5O3. The van der Waals surface area contributed by atoms with Gasteiger partial charge in [0.25, 0.3) is 5.91 Å². The molecule has 2 aromatic heterocycles. The van der Waals surface area contributed by atoms with Crippen LogP contribution in [0.4, 0.5) is 0 Å². The summed E-state index contributed by atoms with van der Waals surface area (Å²) in [4.78, 5) is 29.6. The summed E-state index contributed by atoms with van der Waals surface area (Å²) in [5, 5.41) is 15.1. The zero-order valence-corrected chi connectivity index (χ0v) is 9.36. The average Bonchev–Trinajstić information content (AvgIpc) is 2.87. The highest BCUT2D eigenvalue weighted by molar-refractivity contribution is 5.91. The Morgan fingerprint density at radius 1 is 1.33 bits per heavy atom. The number of hydrogen-bond donors (Lipinski definition) is 2. The maximum absolute atomic E-state index is 11.3. The van der Waals surface area contributed by atoms with Gasteiger partial charge in [-0.25, -0.2) is 19.4 Å². The van der Waals surface area contributed by atoms with Crippen molar-refractivity contribution in [1.29, 1.82) is 0 Å². The molecule has 8 nitrogen and oxygen atoms in total. The fourth-order valence-electron chi connectivity index (χ4n) is 1.23. The summed E-state index contributed by atoms with van der Waals surface area (Å²) in [6.07, 6.45) is 3.86. The molecule has 0 bridgehead atoms. The van der Waals surface area contributed by atoms with E-state index in [4.69, 9.17) is 5.11 Å². The van der Waals surface area contributed by atoms with Gasteiger partial charge >= 0.3 is 5.97 Å². The summed E-state index contributed by atoms with van der Waals surface area (Å²) < 4.78 is 1.29. The van der Waals surface area contributed by atoms with Crippen molar-refractivity contribution in [3.8, 4) is 5.95 Å². The lowest BCUT2D eigenvalue weighted by Crippen LogP contribution is -2.18. The minimum Gasteiger partial charge on any atom is -0.478 e. The molecule has 0 spiro atoms. The predicted molar refractivity (Wildman–Crippen MR) is 59.5 cm³/mol. The summed E-state index contributed by atoms with van der Waals surface area (Å²) in [5.74, 6) is -1.24. The van der Waals surface area contributed by atoms with E-state index in [2.05, 4.69) is 20.4 Å². The van der Waals surface area contributed by atoms with Crippen LogP contribution in [-0.2, 0) is 0 Å². The number of carboxylic acids is 1. The van der Waals surface area contributed by atoms with Gasteiger partial charge in [-0.2, -0.15) is 5.10 Å². The molecular weight excluding hydrogens is 238 g/mol. The van der Waals surface area contributed by atoms with Crippen molar-refractivity contribution in [1.82, 2.24) is 25.1 Å². The lowest BCUT2D eigenvalue weighted by Gasteiger charge is -1.99. The van der Waals surface area contributed by atoms with Crippen LogP contribution in [-0.4, -0.2) is 43.8 Å². The van der Waals surface area contributed by atoms with Gasteiger partial charge in [-0.3, -0.25) is 4.79 Å². The van der Waals surface area contributed by atoms with Crippen LogP contribution in [0.25, 0.3) is 5.95 Å². The molecule has 8 heteroatoms. The van der Waals surface area contributed by atoms with Crippen molar-refractivity contribution < 1.29 is 14.7 Å². The van der Waals surface area contributed by atoms with E-state index in [0.29, 0.717) is 0 Å². The molecule has 0 aliphatic carbocycles. The second-order valence-electron chi connectivity index (χ2n) is 3.30. The number of carboxylic acid groups (broad SMARTS) is 1. The molecule has 0 unspecified atom stereocenters. The number of hydrogen-bond acceptors (Lipinski definition) is 5. The molecule has 92 valence electrons. The summed E-state index contributed by atoms with van der Waals surface area (Å²) >= 11 is 0. The molecule has 2 aromatic rings. The van der Waals surface area contributed by atoms with E-state index in [9.17, 15) is 9.59 Å². The minimum absolute atomic E-state index is 0.0163. The molecule has 0 radical (unpaired) electrons. The number of carbonyl (C=O) groups excluding carboxylic acids is 1. The molecule has 2 N–H and O–H groups in total. The van der Waals surface area contributed by atoms with Crippen LogP contribution >= 0.6 is 0 Å². The third kappa shape index (κ3) is 2.17. The quantitative estimate of drug-likeness (QED) is 0.771. The zero-order valence-electron chi connectivity index (χ0n) is 9.36. The maximum Gasteiger partial charge on any atom is 0.338 e. The lowest BCUT2D eigenvalue weighted by atomic mass is 10.4. The van der Waals surface area contributed by atoms with Crippen molar-refractivity contribution in [2.75, 3.05) is 7.05 Å². The Hall–Kier alpha value is -2.77. The Morgan fingerprint density at radius 2 is 2.00 bits per heavy atom. The molecule has 0 saturated heterocycles. The predicted octanol–water partition coefficient (Wildman–Crippen LogP) is -0.280. The van der Waals surface area contributed by atoms with Crippen molar-refractivity contribution in [3.63, 3.8) is 0 Å². The molecule has 0 fully saturated rings. The van der Waals surface area contributed by atoms with Gasteiger partial charge in [0.05, 0.1) is 5.56 Å². The summed E-state index contributed by atoms with van der Waals surface area (Å²) in [6.45, 7) is 0. The first-order valence-corrected chi connectivity index (χ1v) is 4.95. The van der Waals surface area contributed by atoms with Gasteiger partial charge in [-0.15, -0.1) is 0 Å². The molecule has 0 aliphatic heterocycles. The fourth-order valence-corrected chi connectivity index (χ4v) is 1.23. The van der Waals surface area contributed by atoms with E-state index in [0.717, 1.165) is 0 Å². The number of aromatic nitrogens is 4. The molecule has 0 aliphatic rings. The molecule has 0 aromatic carbocycles. The van der Waals surface area contributed by atoms with Crippen LogP contribution in [0.5, 0.6) is 0 Å². The normalized spacial score (nSPS) is 10.1. The van der Waals surface area contributed by atoms with E-state index in [1.165, 1.54) is 36.4 Å². The van der Waals surface area contributed by atoms with Crippen molar-refractivity contribution in [2.24, 2.45) is 0 Å². The summed E-state index contributed by atoms with van der Waals surface area (Å²) in [5.41, 5.74) is 0.209. The number of amides is 1. The van der Waals surface area contributed by atoms with Crippen LogP contribution in [0, 0.1) is 0 Å².